The van der Waals surface area contributed by atoms with Gasteiger partial charge < -0.3 is 10.1 Å². The van der Waals surface area contributed by atoms with Gasteiger partial charge >= 0.3 is 0 Å². The van der Waals surface area contributed by atoms with Crippen molar-refractivity contribution in [3.05, 3.63) is 49.6 Å². The molecule has 0 aliphatic heterocycles. The van der Waals surface area contributed by atoms with E-state index < -0.39 is 0 Å². The summed E-state index contributed by atoms with van der Waals surface area (Å²) < 4.78 is 7.23. The van der Waals surface area contributed by atoms with E-state index in [1.165, 1.54) is 10.4 Å². The molecule has 0 radical (unpaired) electrons. The minimum absolute atomic E-state index is 0.265. The third-order valence-electron chi connectivity index (χ3n) is 3.06. The predicted molar refractivity (Wildman–Crippen MR) is 90.1 cm³/mol. The molecule has 1 heterocycles. The molecule has 2 nitrogen and oxygen atoms in total. The summed E-state index contributed by atoms with van der Waals surface area (Å²) in [7, 11) is 1.69. The van der Waals surface area contributed by atoms with Gasteiger partial charge in [-0.15, -0.1) is 11.3 Å². The second-order valence-electron chi connectivity index (χ2n) is 4.41. The molecular formula is C15H17BrClNOS. The Morgan fingerprint density at radius 3 is 2.75 bits per heavy atom. The zero-order valence-electron chi connectivity index (χ0n) is 11.5. The summed E-state index contributed by atoms with van der Waals surface area (Å²) >= 11 is 11.3. The van der Waals surface area contributed by atoms with Gasteiger partial charge in [-0.05, 0) is 48.9 Å². The molecule has 1 unspecified atom stereocenters. The first-order chi connectivity index (χ1) is 9.63. The van der Waals surface area contributed by atoms with Crippen LogP contribution in [-0.4, -0.2) is 13.7 Å². The number of ether oxygens (including phenoxy) is 1. The third-order valence-corrected chi connectivity index (χ3v) is 5.18. The Morgan fingerprint density at radius 2 is 2.15 bits per heavy atom. The van der Waals surface area contributed by atoms with Crippen LogP contribution in [0.15, 0.2) is 34.8 Å². The number of hydrogen-bond donors (Lipinski definition) is 1. The van der Waals surface area contributed by atoms with Gasteiger partial charge in [0.2, 0.25) is 0 Å². The van der Waals surface area contributed by atoms with Crippen LogP contribution in [-0.2, 0) is 6.42 Å². The van der Waals surface area contributed by atoms with E-state index in [0.717, 1.165) is 27.5 Å². The molecule has 2 aromatic rings. The van der Waals surface area contributed by atoms with Crippen molar-refractivity contribution in [2.24, 2.45) is 0 Å². The van der Waals surface area contributed by atoms with Gasteiger partial charge in [-0.1, -0.05) is 34.5 Å². The molecule has 0 saturated carbocycles. The van der Waals surface area contributed by atoms with Gasteiger partial charge in [0.05, 0.1) is 11.4 Å². The molecule has 0 aliphatic rings. The van der Waals surface area contributed by atoms with Crippen LogP contribution in [0.3, 0.4) is 0 Å². The molecule has 0 spiro atoms. The monoisotopic (exact) mass is 373 g/mol. The molecule has 1 aromatic carbocycles. The molecule has 1 aromatic heterocycles. The third kappa shape index (κ3) is 3.98. The number of hydrogen-bond acceptors (Lipinski definition) is 3. The summed E-state index contributed by atoms with van der Waals surface area (Å²) in [5, 5.41) is 3.52. The molecule has 2 rings (SSSR count). The number of rotatable bonds is 6. The summed E-state index contributed by atoms with van der Waals surface area (Å²) in [5.74, 6) is 0.877. The molecule has 0 bridgehead atoms. The van der Waals surface area contributed by atoms with Crippen LogP contribution in [0, 0.1) is 0 Å². The molecule has 5 heteroatoms. The number of likely N-dealkylation sites (N-methyl/N-ethyl adjacent to an activating group) is 1. The molecule has 0 saturated heterocycles. The van der Waals surface area contributed by atoms with E-state index in [2.05, 4.69) is 40.3 Å². The van der Waals surface area contributed by atoms with Gasteiger partial charge in [0.25, 0.3) is 0 Å². The van der Waals surface area contributed by atoms with Crippen molar-refractivity contribution in [3.63, 3.8) is 0 Å². The summed E-state index contributed by atoms with van der Waals surface area (Å²) in [4.78, 5) is 1.26. The van der Waals surface area contributed by atoms with Crippen molar-refractivity contribution in [2.75, 3.05) is 13.7 Å². The average Bonchev–Trinajstić information content (AvgIpc) is 2.87. The van der Waals surface area contributed by atoms with Crippen LogP contribution in [0.5, 0.6) is 5.75 Å². The average molecular weight is 375 g/mol. The van der Waals surface area contributed by atoms with E-state index in [4.69, 9.17) is 16.3 Å². The fourth-order valence-electron chi connectivity index (χ4n) is 2.09. The molecular weight excluding hydrogens is 358 g/mol. The fourth-order valence-corrected chi connectivity index (χ4v) is 3.63. The molecule has 0 amide bonds. The first kappa shape index (κ1) is 15.8. The van der Waals surface area contributed by atoms with Crippen molar-refractivity contribution >= 4 is 38.9 Å². The normalized spacial score (nSPS) is 12.4. The first-order valence-corrected chi connectivity index (χ1v) is 8.43. The maximum atomic E-state index is 6.05. The summed E-state index contributed by atoms with van der Waals surface area (Å²) in [5.41, 5.74) is 1.22. The standard InChI is InChI=1S/C15H17BrClNOS/c1-3-18-13(14-6-7-15(17)20-14)9-10-8-11(19-2)4-5-12(10)16/h4-8,13,18H,3,9H2,1-2H3. The van der Waals surface area contributed by atoms with Crippen LogP contribution in [0.25, 0.3) is 0 Å². The lowest BCUT2D eigenvalue weighted by atomic mass is 10.0. The highest BCUT2D eigenvalue weighted by molar-refractivity contribution is 9.10. The molecule has 1 N–H and O–H groups in total. The Bertz CT molecular complexity index is 573. The lowest BCUT2D eigenvalue weighted by molar-refractivity contribution is 0.413. The van der Waals surface area contributed by atoms with Crippen LogP contribution >= 0.6 is 38.9 Å². The zero-order chi connectivity index (χ0) is 14.5. The predicted octanol–water partition coefficient (Wildman–Crippen LogP) is 5.07. The maximum Gasteiger partial charge on any atom is 0.119 e. The van der Waals surface area contributed by atoms with Gasteiger partial charge in [-0.2, -0.15) is 0 Å². The Morgan fingerprint density at radius 1 is 1.35 bits per heavy atom. The molecule has 0 fully saturated rings. The topological polar surface area (TPSA) is 21.3 Å². The summed E-state index contributed by atoms with van der Waals surface area (Å²) in [6.07, 6.45) is 0.891. The second kappa shape index (κ2) is 7.46. The first-order valence-electron chi connectivity index (χ1n) is 6.45. The highest BCUT2D eigenvalue weighted by Crippen LogP contribution is 2.32. The van der Waals surface area contributed by atoms with Gasteiger partial charge in [0.15, 0.2) is 0 Å². The largest absolute Gasteiger partial charge is 0.497 e. The van der Waals surface area contributed by atoms with Crippen molar-refractivity contribution in [3.8, 4) is 5.75 Å². The lowest BCUT2D eigenvalue weighted by Gasteiger charge is -2.18. The Labute approximate surface area is 137 Å². The quantitative estimate of drug-likeness (QED) is 0.762. The van der Waals surface area contributed by atoms with E-state index in [1.54, 1.807) is 18.4 Å². The van der Waals surface area contributed by atoms with Gasteiger partial charge in [0, 0.05) is 15.4 Å². The maximum absolute atomic E-state index is 6.05. The number of nitrogens with one attached hydrogen (secondary N) is 1. The van der Waals surface area contributed by atoms with Crippen LogP contribution in [0.2, 0.25) is 4.34 Å². The summed E-state index contributed by atoms with van der Waals surface area (Å²) in [6.45, 7) is 3.03. The van der Waals surface area contributed by atoms with Crippen molar-refractivity contribution in [2.45, 2.75) is 19.4 Å². The minimum Gasteiger partial charge on any atom is -0.497 e. The summed E-state index contributed by atoms with van der Waals surface area (Å²) in [6, 6.07) is 10.4. The Kier molecular flexibility index (Phi) is 5.90. The molecule has 20 heavy (non-hydrogen) atoms. The SMILES string of the molecule is CCNC(Cc1cc(OC)ccc1Br)c1ccc(Cl)s1. The molecule has 0 aliphatic carbocycles. The number of benzene rings is 1. The van der Waals surface area contributed by atoms with Crippen LogP contribution in [0.4, 0.5) is 0 Å². The lowest BCUT2D eigenvalue weighted by Crippen LogP contribution is -2.22. The number of halogens is 2. The van der Waals surface area contributed by atoms with E-state index >= 15 is 0 Å². The molecule has 1 atom stereocenters. The highest BCUT2D eigenvalue weighted by Gasteiger charge is 2.15. The van der Waals surface area contributed by atoms with Crippen molar-refractivity contribution < 1.29 is 4.74 Å². The van der Waals surface area contributed by atoms with Crippen LogP contribution < -0.4 is 10.1 Å². The highest BCUT2D eigenvalue weighted by atomic mass is 79.9. The smallest absolute Gasteiger partial charge is 0.119 e. The minimum atomic E-state index is 0.265. The van der Waals surface area contributed by atoms with Gasteiger partial charge in [-0.3, -0.25) is 0 Å². The fraction of sp³-hybridized carbons (Fsp3) is 0.333. The Hall–Kier alpha value is -0.550. The number of thiophene rings is 1. The van der Waals surface area contributed by atoms with Gasteiger partial charge in [-0.25, -0.2) is 0 Å². The van der Waals surface area contributed by atoms with E-state index in [9.17, 15) is 0 Å². The second-order valence-corrected chi connectivity index (χ2v) is 7.01. The Balaban J connectivity index is 2.23. The molecule has 108 valence electrons. The van der Waals surface area contributed by atoms with E-state index in [0.29, 0.717) is 0 Å². The van der Waals surface area contributed by atoms with Crippen molar-refractivity contribution in [1.82, 2.24) is 5.32 Å². The van der Waals surface area contributed by atoms with E-state index in [-0.39, 0.29) is 6.04 Å². The van der Waals surface area contributed by atoms with E-state index in [1.807, 2.05) is 18.2 Å². The number of methoxy groups -OCH3 is 1. The van der Waals surface area contributed by atoms with Crippen LogP contribution in [0.1, 0.15) is 23.4 Å². The zero-order valence-corrected chi connectivity index (χ0v) is 14.6. The van der Waals surface area contributed by atoms with Gasteiger partial charge in [0.1, 0.15) is 5.75 Å². The van der Waals surface area contributed by atoms with Crippen molar-refractivity contribution in [1.29, 1.82) is 0 Å².